The molecule has 0 radical (unpaired) electrons. The van der Waals surface area contributed by atoms with Gasteiger partial charge in [-0.2, -0.15) is 5.10 Å². The summed E-state index contributed by atoms with van der Waals surface area (Å²) in [6, 6.07) is 0.104. The molecule has 5 heteroatoms. The first kappa shape index (κ1) is 13.4. The smallest absolute Gasteiger partial charge is 0.161 e. The minimum Gasteiger partial charge on any atom is -0.493 e. The maximum absolute atomic E-state index is 5.85. The van der Waals surface area contributed by atoms with Gasteiger partial charge >= 0.3 is 0 Å². The Balaban J connectivity index is 2.40. The Morgan fingerprint density at radius 2 is 2.22 bits per heavy atom. The molecule has 0 amide bonds. The Labute approximate surface area is 109 Å². The molecule has 0 bridgehead atoms. The van der Waals surface area contributed by atoms with E-state index in [0.717, 1.165) is 17.9 Å². The highest BCUT2D eigenvalue weighted by atomic mass is 16.5. The summed E-state index contributed by atoms with van der Waals surface area (Å²) in [5, 5.41) is 4.29. The van der Waals surface area contributed by atoms with Crippen LogP contribution >= 0.6 is 0 Å². The SMILES string of the molecule is CCC1(C(NN)c2c(OC)cnn2C)CCCC1. The molecule has 1 aliphatic rings. The molecular formula is C13H24N4O. The van der Waals surface area contributed by atoms with Gasteiger partial charge < -0.3 is 4.74 Å². The van der Waals surface area contributed by atoms with Crippen molar-refractivity contribution in [2.75, 3.05) is 7.11 Å². The number of hydrogen-bond donors (Lipinski definition) is 2. The molecule has 3 N–H and O–H groups in total. The van der Waals surface area contributed by atoms with Crippen molar-refractivity contribution in [1.82, 2.24) is 15.2 Å². The average molecular weight is 252 g/mol. The van der Waals surface area contributed by atoms with E-state index in [2.05, 4.69) is 17.4 Å². The van der Waals surface area contributed by atoms with Crippen molar-refractivity contribution in [3.8, 4) is 5.75 Å². The lowest BCUT2D eigenvalue weighted by Crippen LogP contribution is -2.41. The zero-order valence-corrected chi connectivity index (χ0v) is 11.6. The quantitative estimate of drug-likeness (QED) is 0.620. The van der Waals surface area contributed by atoms with E-state index in [1.807, 2.05) is 11.7 Å². The van der Waals surface area contributed by atoms with Gasteiger partial charge in [0.1, 0.15) is 0 Å². The number of ether oxygens (including phenoxy) is 1. The number of nitrogens with zero attached hydrogens (tertiary/aromatic N) is 2. The number of hydrogen-bond acceptors (Lipinski definition) is 4. The van der Waals surface area contributed by atoms with Gasteiger partial charge in [0.05, 0.1) is 25.0 Å². The maximum Gasteiger partial charge on any atom is 0.161 e. The lowest BCUT2D eigenvalue weighted by molar-refractivity contribution is 0.177. The Morgan fingerprint density at radius 1 is 1.56 bits per heavy atom. The highest BCUT2D eigenvalue weighted by Gasteiger charge is 2.42. The zero-order valence-electron chi connectivity index (χ0n) is 11.6. The normalized spacial score (nSPS) is 20.0. The highest BCUT2D eigenvalue weighted by Crippen LogP contribution is 2.51. The predicted octanol–water partition coefficient (Wildman–Crippen LogP) is 1.90. The van der Waals surface area contributed by atoms with Gasteiger partial charge in [-0.1, -0.05) is 19.8 Å². The van der Waals surface area contributed by atoms with Gasteiger partial charge in [-0.3, -0.25) is 16.0 Å². The number of nitrogens with one attached hydrogen (secondary N) is 1. The van der Waals surface area contributed by atoms with Gasteiger partial charge in [0.15, 0.2) is 5.75 Å². The third-order valence-corrected chi connectivity index (χ3v) is 4.53. The Morgan fingerprint density at radius 3 is 2.72 bits per heavy atom. The van der Waals surface area contributed by atoms with Crippen molar-refractivity contribution in [2.45, 2.75) is 45.1 Å². The molecule has 1 aliphatic carbocycles. The molecule has 1 fully saturated rings. The maximum atomic E-state index is 5.85. The molecule has 2 rings (SSSR count). The predicted molar refractivity (Wildman–Crippen MR) is 71.0 cm³/mol. The van der Waals surface area contributed by atoms with E-state index in [9.17, 15) is 0 Å². The molecule has 5 nitrogen and oxygen atoms in total. The molecule has 1 aromatic heterocycles. The lowest BCUT2D eigenvalue weighted by Gasteiger charge is -2.36. The third kappa shape index (κ3) is 2.01. The second-order valence-corrected chi connectivity index (χ2v) is 5.24. The molecule has 1 aromatic rings. The third-order valence-electron chi connectivity index (χ3n) is 4.53. The summed E-state index contributed by atoms with van der Waals surface area (Å²) >= 11 is 0. The summed E-state index contributed by atoms with van der Waals surface area (Å²) in [6.07, 6.45) is 7.88. The fourth-order valence-corrected chi connectivity index (χ4v) is 3.38. The number of aromatic nitrogens is 2. The van der Waals surface area contributed by atoms with E-state index in [4.69, 9.17) is 10.6 Å². The second-order valence-electron chi connectivity index (χ2n) is 5.24. The minimum absolute atomic E-state index is 0.104. The first-order valence-corrected chi connectivity index (χ1v) is 6.70. The van der Waals surface area contributed by atoms with Crippen LogP contribution in [0.4, 0.5) is 0 Å². The average Bonchev–Trinajstić information content (AvgIpc) is 3.00. The minimum atomic E-state index is 0.104. The van der Waals surface area contributed by atoms with E-state index in [-0.39, 0.29) is 11.5 Å². The molecule has 18 heavy (non-hydrogen) atoms. The number of methoxy groups -OCH3 is 1. The monoisotopic (exact) mass is 252 g/mol. The fourth-order valence-electron chi connectivity index (χ4n) is 3.38. The van der Waals surface area contributed by atoms with E-state index in [1.54, 1.807) is 13.3 Å². The first-order chi connectivity index (χ1) is 8.68. The van der Waals surface area contributed by atoms with Crippen LogP contribution in [0.1, 0.15) is 50.8 Å². The molecule has 0 spiro atoms. The Kier molecular flexibility index (Phi) is 3.92. The van der Waals surface area contributed by atoms with Gasteiger partial charge in [-0.25, -0.2) is 0 Å². The molecule has 102 valence electrons. The largest absolute Gasteiger partial charge is 0.493 e. The number of nitrogens with two attached hydrogens (primary N) is 1. The van der Waals surface area contributed by atoms with Crippen molar-refractivity contribution in [1.29, 1.82) is 0 Å². The summed E-state index contributed by atoms with van der Waals surface area (Å²) in [7, 11) is 3.63. The van der Waals surface area contributed by atoms with Gasteiger partial charge in [0, 0.05) is 7.05 Å². The van der Waals surface area contributed by atoms with Crippen molar-refractivity contribution in [2.24, 2.45) is 18.3 Å². The molecule has 0 aromatic carbocycles. The van der Waals surface area contributed by atoms with Crippen LogP contribution in [-0.4, -0.2) is 16.9 Å². The number of hydrazine groups is 1. The first-order valence-electron chi connectivity index (χ1n) is 6.70. The molecule has 1 heterocycles. The van der Waals surface area contributed by atoms with E-state index in [0.29, 0.717) is 0 Å². The lowest BCUT2D eigenvalue weighted by atomic mass is 9.75. The van der Waals surface area contributed by atoms with Crippen molar-refractivity contribution < 1.29 is 4.74 Å². The molecule has 0 aliphatic heterocycles. The molecule has 1 atom stereocenters. The van der Waals surface area contributed by atoms with Crippen LogP contribution in [0, 0.1) is 5.41 Å². The van der Waals surface area contributed by atoms with Gasteiger partial charge in [-0.15, -0.1) is 0 Å². The van der Waals surface area contributed by atoms with E-state index >= 15 is 0 Å². The van der Waals surface area contributed by atoms with Gasteiger partial charge in [0.2, 0.25) is 0 Å². The molecule has 1 unspecified atom stereocenters. The van der Waals surface area contributed by atoms with Crippen LogP contribution in [0.25, 0.3) is 0 Å². The highest BCUT2D eigenvalue weighted by molar-refractivity contribution is 5.30. The number of rotatable bonds is 5. The van der Waals surface area contributed by atoms with Crippen LogP contribution in [0.15, 0.2) is 6.20 Å². The van der Waals surface area contributed by atoms with Crippen molar-refractivity contribution >= 4 is 0 Å². The van der Waals surface area contributed by atoms with Crippen molar-refractivity contribution in [3.63, 3.8) is 0 Å². The summed E-state index contributed by atoms with van der Waals surface area (Å²) < 4.78 is 7.29. The van der Waals surface area contributed by atoms with Crippen LogP contribution in [0.5, 0.6) is 5.75 Å². The van der Waals surface area contributed by atoms with Crippen LogP contribution in [0.3, 0.4) is 0 Å². The van der Waals surface area contributed by atoms with Crippen LogP contribution in [0.2, 0.25) is 0 Å². The van der Waals surface area contributed by atoms with Gasteiger partial charge in [-0.05, 0) is 24.7 Å². The van der Waals surface area contributed by atoms with E-state index < -0.39 is 0 Å². The molecule has 1 saturated carbocycles. The number of aryl methyl sites for hydroxylation is 1. The van der Waals surface area contributed by atoms with Crippen LogP contribution in [-0.2, 0) is 7.05 Å². The summed E-state index contributed by atoms with van der Waals surface area (Å²) in [5.74, 6) is 6.67. The van der Waals surface area contributed by atoms with Crippen molar-refractivity contribution in [3.05, 3.63) is 11.9 Å². The molecule has 0 saturated heterocycles. The van der Waals surface area contributed by atoms with Crippen LogP contribution < -0.4 is 16.0 Å². The molecular weight excluding hydrogens is 228 g/mol. The Bertz CT molecular complexity index is 396. The standard InChI is InChI=1S/C13H24N4O/c1-4-13(7-5-6-8-13)12(16-14)11-10(18-3)9-15-17(11)2/h9,12,16H,4-8,14H2,1-3H3. The summed E-state index contributed by atoms with van der Waals surface area (Å²) in [5.41, 5.74) is 4.30. The summed E-state index contributed by atoms with van der Waals surface area (Å²) in [4.78, 5) is 0. The van der Waals surface area contributed by atoms with E-state index in [1.165, 1.54) is 25.7 Å². The summed E-state index contributed by atoms with van der Waals surface area (Å²) in [6.45, 7) is 2.25. The Hall–Kier alpha value is -1.07. The zero-order chi connectivity index (χ0) is 13.2. The second kappa shape index (κ2) is 5.28. The topological polar surface area (TPSA) is 65.1 Å². The fraction of sp³-hybridized carbons (Fsp3) is 0.769. The van der Waals surface area contributed by atoms with Gasteiger partial charge in [0.25, 0.3) is 0 Å².